The predicted molar refractivity (Wildman–Crippen MR) is 119 cm³/mol. The van der Waals surface area contributed by atoms with Gasteiger partial charge in [0.1, 0.15) is 0 Å². The van der Waals surface area contributed by atoms with Crippen molar-refractivity contribution < 1.29 is 19.4 Å². The van der Waals surface area contributed by atoms with Crippen molar-refractivity contribution in [1.82, 2.24) is 9.80 Å². The Kier molecular flexibility index (Phi) is 5.25. The van der Waals surface area contributed by atoms with E-state index in [2.05, 4.69) is 20.8 Å². The molecule has 0 spiro atoms. The number of rotatable bonds is 5. The van der Waals surface area contributed by atoms with Crippen LogP contribution in [0.5, 0.6) is 0 Å². The van der Waals surface area contributed by atoms with Gasteiger partial charge in [-0.25, -0.2) is 0 Å². The Morgan fingerprint density at radius 3 is 2.00 bits per heavy atom. The summed E-state index contributed by atoms with van der Waals surface area (Å²) in [5.74, 6) is -0.426. The van der Waals surface area contributed by atoms with E-state index in [4.69, 9.17) is 4.74 Å². The minimum absolute atomic E-state index is 0.213. The third-order valence-electron chi connectivity index (χ3n) is 6.81. The average molecular weight is 485 g/mol. The number of benzene rings is 2. The van der Waals surface area contributed by atoms with E-state index < -0.39 is 5.60 Å². The molecule has 3 heterocycles. The minimum atomic E-state index is -0.816. The zero-order valence-electron chi connectivity index (χ0n) is 17.2. The van der Waals surface area contributed by atoms with E-state index in [0.717, 1.165) is 29.7 Å². The van der Waals surface area contributed by atoms with E-state index in [0.29, 0.717) is 43.7 Å². The molecule has 5 rings (SSSR count). The van der Waals surface area contributed by atoms with Crippen molar-refractivity contribution in [1.29, 1.82) is 0 Å². The molecule has 2 aromatic rings. The quantitative estimate of drug-likeness (QED) is 0.660. The van der Waals surface area contributed by atoms with Crippen LogP contribution in [0.25, 0.3) is 0 Å². The first kappa shape index (κ1) is 20.8. The van der Waals surface area contributed by atoms with Crippen molar-refractivity contribution in [3.63, 3.8) is 0 Å². The number of halogens is 1. The summed E-state index contributed by atoms with van der Waals surface area (Å²) in [6.45, 7) is 3.71. The fraction of sp³-hybridized carbons (Fsp3) is 0.417. The largest absolute Gasteiger partial charge is 0.385 e. The SMILES string of the molecule is O=C1c2ccccc2C(=O)N1CC1(CN2CCC(O)(c3ccc(Br)cc3)CC2)COC1. The second-order valence-electron chi connectivity index (χ2n) is 9.05. The van der Waals surface area contributed by atoms with Crippen LogP contribution in [0.1, 0.15) is 39.1 Å². The van der Waals surface area contributed by atoms with Crippen LogP contribution < -0.4 is 0 Å². The van der Waals surface area contributed by atoms with Crippen LogP contribution in [0.4, 0.5) is 0 Å². The molecule has 2 saturated heterocycles. The van der Waals surface area contributed by atoms with E-state index >= 15 is 0 Å². The number of imide groups is 1. The number of carbonyl (C=O) groups is 2. The zero-order chi connectivity index (χ0) is 21.6. The monoisotopic (exact) mass is 484 g/mol. The first-order chi connectivity index (χ1) is 14.9. The van der Waals surface area contributed by atoms with Crippen LogP contribution in [-0.2, 0) is 10.3 Å². The molecule has 6 nitrogen and oxygen atoms in total. The third-order valence-corrected chi connectivity index (χ3v) is 7.34. The van der Waals surface area contributed by atoms with Gasteiger partial charge >= 0.3 is 0 Å². The van der Waals surface area contributed by atoms with Crippen molar-refractivity contribution in [3.05, 3.63) is 69.7 Å². The lowest BCUT2D eigenvalue weighted by Gasteiger charge is -2.48. The van der Waals surface area contributed by atoms with Crippen molar-refractivity contribution in [2.45, 2.75) is 18.4 Å². The molecule has 2 fully saturated rings. The highest BCUT2D eigenvalue weighted by Crippen LogP contribution is 2.37. The molecular formula is C24H25BrN2O4. The third kappa shape index (κ3) is 3.74. The first-order valence-corrected chi connectivity index (χ1v) is 11.4. The molecule has 0 bridgehead atoms. The number of nitrogens with zero attached hydrogens (tertiary/aromatic N) is 2. The van der Waals surface area contributed by atoms with Gasteiger partial charge < -0.3 is 14.7 Å². The van der Waals surface area contributed by atoms with Crippen LogP contribution in [0.2, 0.25) is 0 Å². The van der Waals surface area contributed by atoms with Gasteiger partial charge in [0.05, 0.1) is 29.9 Å². The van der Waals surface area contributed by atoms with E-state index in [1.807, 2.05) is 24.3 Å². The summed E-state index contributed by atoms with van der Waals surface area (Å²) in [7, 11) is 0. The zero-order valence-corrected chi connectivity index (χ0v) is 18.8. The van der Waals surface area contributed by atoms with Crippen LogP contribution in [-0.4, -0.2) is 66.1 Å². The number of aliphatic hydroxyl groups is 1. The maximum Gasteiger partial charge on any atom is 0.261 e. The standard InChI is InChI=1S/C24H25BrN2O4/c25-18-7-5-17(6-8-18)24(30)9-11-26(12-10-24)13-23(15-31-16-23)14-27-21(28)19-3-1-2-4-20(19)22(27)29/h1-8,30H,9-16H2. The lowest BCUT2D eigenvalue weighted by Crippen LogP contribution is -2.59. The molecule has 2 amide bonds. The van der Waals surface area contributed by atoms with Gasteiger partial charge in [-0.2, -0.15) is 0 Å². The smallest absolute Gasteiger partial charge is 0.261 e. The fourth-order valence-corrected chi connectivity index (χ4v) is 5.21. The highest BCUT2D eigenvalue weighted by atomic mass is 79.9. The molecule has 0 aromatic heterocycles. The second-order valence-corrected chi connectivity index (χ2v) is 9.97. The van der Waals surface area contributed by atoms with Gasteiger partial charge in [0.15, 0.2) is 0 Å². The summed E-state index contributed by atoms with van der Waals surface area (Å²) in [5.41, 5.74) is 0.854. The molecule has 1 N–H and O–H groups in total. The van der Waals surface area contributed by atoms with E-state index in [-0.39, 0.29) is 17.2 Å². The van der Waals surface area contributed by atoms with E-state index in [1.54, 1.807) is 24.3 Å². The van der Waals surface area contributed by atoms with Crippen LogP contribution in [0.3, 0.4) is 0 Å². The molecule has 0 radical (unpaired) electrons. The average Bonchev–Trinajstić information content (AvgIpc) is 2.99. The number of piperidine rings is 1. The molecule has 0 saturated carbocycles. The lowest BCUT2D eigenvalue weighted by molar-refractivity contribution is -0.139. The summed E-state index contributed by atoms with van der Waals surface area (Å²) in [4.78, 5) is 29.3. The normalized spacial score (nSPS) is 22.3. The predicted octanol–water partition coefficient (Wildman–Crippen LogP) is 3.05. The van der Waals surface area contributed by atoms with Gasteiger partial charge in [0.2, 0.25) is 0 Å². The van der Waals surface area contributed by atoms with Gasteiger partial charge in [-0.1, -0.05) is 40.2 Å². The Labute approximate surface area is 189 Å². The van der Waals surface area contributed by atoms with E-state index in [1.165, 1.54) is 4.90 Å². The Bertz CT molecular complexity index is 975. The van der Waals surface area contributed by atoms with Crippen LogP contribution >= 0.6 is 15.9 Å². The highest BCUT2D eigenvalue weighted by Gasteiger charge is 2.47. The number of hydrogen-bond donors (Lipinski definition) is 1. The van der Waals surface area contributed by atoms with Crippen LogP contribution in [0, 0.1) is 5.41 Å². The van der Waals surface area contributed by atoms with Crippen molar-refractivity contribution in [3.8, 4) is 0 Å². The molecule has 0 atom stereocenters. The molecule has 0 aliphatic carbocycles. The number of amides is 2. The number of ether oxygens (including phenoxy) is 1. The molecule has 162 valence electrons. The van der Waals surface area contributed by atoms with Crippen LogP contribution in [0.15, 0.2) is 53.0 Å². The summed E-state index contributed by atoms with van der Waals surface area (Å²) >= 11 is 3.44. The van der Waals surface area contributed by atoms with Crippen molar-refractivity contribution >= 4 is 27.7 Å². The van der Waals surface area contributed by atoms with Gasteiger partial charge in [-0.05, 0) is 42.7 Å². The van der Waals surface area contributed by atoms with Gasteiger partial charge in [-0.15, -0.1) is 0 Å². The number of likely N-dealkylation sites (tertiary alicyclic amines) is 1. The molecule has 3 aliphatic rings. The Morgan fingerprint density at radius 1 is 0.903 bits per heavy atom. The van der Waals surface area contributed by atoms with E-state index in [9.17, 15) is 14.7 Å². The molecule has 0 unspecified atom stereocenters. The van der Waals surface area contributed by atoms with Gasteiger partial charge in [-0.3, -0.25) is 14.5 Å². The molecule has 7 heteroatoms. The maximum atomic E-state index is 12.8. The molecule has 3 aliphatic heterocycles. The summed E-state index contributed by atoms with van der Waals surface area (Å²) in [6, 6.07) is 14.9. The van der Waals surface area contributed by atoms with Crippen molar-refractivity contribution in [2.24, 2.45) is 5.41 Å². The molecule has 31 heavy (non-hydrogen) atoms. The number of hydrogen-bond acceptors (Lipinski definition) is 5. The minimum Gasteiger partial charge on any atom is -0.385 e. The summed E-state index contributed by atoms with van der Waals surface area (Å²) in [6.07, 6.45) is 1.30. The lowest BCUT2D eigenvalue weighted by atomic mass is 9.81. The second kappa shape index (κ2) is 7.81. The van der Waals surface area contributed by atoms with Gasteiger partial charge in [0.25, 0.3) is 11.8 Å². The Morgan fingerprint density at radius 2 is 1.48 bits per heavy atom. The number of carbonyl (C=O) groups excluding carboxylic acids is 2. The van der Waals surface area contributed by atoms with Crippen molar-refractivity contribution in [2.75, 3.05) is 39.4 Å². The summed E-state index contributed by atoms with van der Waals surface area (Å²) < 4.78 is 6.53. The van der Waals surface area contributed by atoms with Gasteiger partial charge in [0, 0.05) is 36.1 Å². The first-order valence-electron chi connectivity index (χ1n) is 10.6. The number of fused-ring (bicyclic) bond motifs is 1. The molecular weight excluding hydrogens is 460 g/mol. The highest BCUT2D eigenvalue weighted by molar-refractivity contribution is 9.10. The fourth-order valence-electron chi connectivity index (χ4n) is 4.95. The maximum absolute atomic E-state index is 12.8. The summed E-state index contributed by atoms with van der Waals surface area (Å²) in [5, 5.41) is 11.2. The Balaban J connectivity index is 1.24. The Hall–Kier alpha value is -2.06. The molecule has 2 aromatic carbocycles. The topological polar surface area (TPSA) is 70.1 Å².